The third-order valence-electron chi connectivity index (χ3n) is 11.3. The van der Waals surface area contributed by atoms with E-state index in [4.69, 9.17) is 4.74 Å². The number of fused-ring (bicyclic) bond motifs is 4. The lowest BCUT2D eigenvalue weighted by atomic mass is 9.52. The number of carbonyl (C=O) groups is 3. The maximum absolute atomic E-state index is 15.0. The van der Waals surface area contributed by atoms with Gasteiger partial charge in [-0.15, -0.1) is 0 Å². The minimum absolute atomic E-state index is 0.0936. The molecule has 10 heteroatoms. The number of ether oxygens (including phenoxy) is 1. The number of carbonyl (C=O) groups excluding carboxylic acids is 3. The number of methoxy groups -OCH3 is 1. The Kier molecular flexibility index (Phi) is 8.62. The molecule has 0 aromatic heterocycles. The molecule has 9 nitrogen and oxygen atoms in total. The summed E-state index contributed by atoms with van der Waals surface area (Å²) < 4.78 is 36.6. The Morgan fingerprint density at radius 1 is 0.922 bits per heavy atom. The number of rotatable bonds is 6. The SMILES string of the molecule is COC(=O)/C(=C\c1ccc2c(c1)N(S(=O)(=O)c1cccc(C(C#N)(C(C)(C)C)C(C)(C)C)c1)[C@@H]1CCCC[C@]21C)N1C(=O)c2ccccc2C1=O. The van der Waals surface area contributed by atoms with Crippen LogP contribution in [0.4, 0.5) is 5.69 Å². The van der Waals surface area contributed by atoms with Crippen molar-refractivity contribution in [2.24, 2.45) is 10.8 Å². The van der Waals surface area contributed by atoms with Crippen LogP contribution >= 0.6 is 0 Å². The molecule has 0 saturated heterocycles. The lowest BCUT2D eigenvalue weighted by Crippen LogP contribution is -2.49. The van der Waals surface area contributed by atoms with Crippen LogP contribution in [0, 0.1) is 22.2 Å². The number of imide groups is 1. The van der Waals surface area contributed by atoms with Crippen molar-refractivity contribution in [1.82, 2.24) is 4.90 Å². The zero-order valence-corrected chi connectivity index (χ0v) is 31.3. The fraction of sp³-hybridized carbons (Fsp3) is 0.415. The molecule has 2 heterocycles. The Bertz CT molecular complexity index is 2100. The fourth-order valence-corrected chi connectivity index (χ4v) is 10.9. The van der Waals surface area contributed by atoms with E-state index in [-0.39, 0.29) is 27.8 Å². The summed E-state index contributed by atoms with van der Waals surface area (Å²) in [6, 6.07) is 20.8. The molecule has 1 saturated carbocycles. The number of sulfonamides is 1. The monoisotopic (exact) mass is 707 g/mol. The van der Waals surface area contributed by atoms with Crippen molar-refractivity contribution in [1.29, 1.82) is 5.26 Å². The summed E-state index contributed by atoms with van der Waals surface area (Å²) in [6.07, 6.45) is 4.66. The average Bonchev–Trinajstić information content (AvgIpc) is 3.49. The number of amides is 2. The molecule has 0 bridgehead atoms. The van der Waals surface area contributed by atoms with Gasteiger partial charge in [0.1, 0.15) is 5.70 Å². The van der Waals surface area contributed by atoms with Gasteiger partial charge in [0.05, 0.1) is 46.3 Å². The van der Waals surface area contributed by atoms with Gasteiger partial charge < -0.3 is 4.74 Å². The second kappa shape index (κ2) is 12.2. The molecule has 0 radical (unpaired) electrons. The third kappa shape index (κ3) is 5.31. The Morgan fingerprint density at radius 3 is 2.12 bits per heavy atom. The minimum atomic E-state index is -4.19. The Balaban J connectivity index is 1.51. The van der Waals surface area contributed by atoms with E-state index in [0.29, 0.717) is 23.2 Å². The van der Waals surface area contributed by atoms with Crippen molar-refractivity contribution < 1.29 is 27.5 Å². The van der Waals surface area contributed by atoms with E-state index in [1.54, 1.807) is 42.5 Å². The molecule has 2 aliphatic heterocycles. The van der Waals surface area contributed by atoms with Gasteiger partial charge in [0, 0.05) is 5.41 Å². The highest BCUT2D eigenvalue weighted by atomic mass is 32.2. The molecule has 0 spiro atoms. The van der Waals surface area contributed by atoms with E-state index in [9.17, 15) is 19.6 Å². The second-order valence-electron chi connectivity index (χ2n) is 16.2. The van der Waals surface area contributed by atoms with Crippen LogP contribution in [0.5, 0.6) is 0 Å². The zero-order valence-electron chi connectivity index (χ0n) is 30.5. The Hall–Kier alpha value is -4.75. The van der Waals surface area contributed by atoms with Crippen molar-refractivity contribution in [3.63, 3.8) is 0 Å². The van der Waals surface area contributed by atoms with Crippen LogP contribution in [0.1, 0.15) is 112 Å². The van der Waals surface area contributed by atoms with E-state index < -0.39 is 49.5 Å². The van der Waals surface area contributed by atoms with Crippen molar-refractivity contribution in [3.05, 3.63) is 100 Å². The molecule has 0 N–H and O–H groups in total. The van der Waals surface area contributed by atoms with Crippen LogP contribution in [0.2, 0.25) is 0 Å². The Morgan fingerprint density at radius 2 is 1.55 bits per heavy atom. The molecule has 51 heavy (non-hydrogen) atoms. The number of nitriles is 1. The van der Waals surface area contributed by atoms with E-state index in [1.807, 2.05) is 53.7 Å². The molecule has 3 aromatic rings. The van der Waals surface area contributed by atoms with Crippen molar-refractivity contribution in [3.8, 4) is 6.07 Å². The predicted molar refractivity (Wildman–Crippen MR) is 195 cm³/mol. The van der Waals surface area contributed by atoms with Gasteiger partial charge in [-0.1, -0.05) is 97.7 Å². The smallest absolute Gasteiger partial charge is 0.355 e. The van der Waals surface area contributed by atoms with Crippen LogP contribution in [0.25, 0.3) is 6.08 Å². The van der Waals surface area contributed by atoms with Gasteiger partial charge in [0.2, 0.25) is 0 Å². The first-order valence-electron chi connectivity index (χ1n) is 17.3. The summed E-state index contributed by atoms with van der Waals surface area (Å²) in [5.41, 5.74) is -0.0317. The van der Waals surface area contributed by atoms with Gasteiger partial charge in [0.25, 0.3) is 21.8 Å². The quantitative estimate of drug-likeness (QED) is 0.146. The molecule has 0 unspecified atom stereocenters. The minimum Gasteiger partial charge on any atom is -0.464 e. The first-order chi connectivity index (χ1) is 23.8. The molecule has 266 valence electrons. The molecule has 6 rings (SSSR count). The molecule has 2 atom stereocenters. The highest BCUT2D eigenvalue weighted by molar-refractivity contribution is 7.93. The van der Waals surface area contributed by atoms with Crippen LogP contribution < -0.4 is 4.31 Å². The third-order valence-corrected chi connectivity index (χ3v) is 13.1. The van der Waals surface area contributed by atoms with Gasteiger partial charge in [-0.05, 0) is 76.8 Å². The maximum atomic E-state index is 15.0. The molecular formula is C41H45N3O6S. The second-order valence-corrected chi connectivity index (χ2v) is 18.0. The summed E-state index contributed by atoms with van der Waals surface area (Å²) in [6.45, 7) is 14.1. The van der Waals surface area contributed by atoms with Crippen molar-refractivity contribution in [2.75, 3.05) is 11.4 Å². The van der Waals surface area contributed by atoms with Crippen molar-refractivity contribution in [2.45, 2.75) is 95.9 Å². The van der Waals surface area contributed by atoms with Gasteiger partial charge in [0.15, 0.2) is 0 Å². The lowest BCUT2D eigenvalue weighted by molar-refractivity contribution is -0.137. The van der Waals surface area contributed by atoms with Gasteiger partial charge in [-0.25, -0.2) is 18.1 Å². The summed E-state index contributed by atoms with van der Waals surface area (Å²) >= 11 is 0. The number of benzene rings is 3. The molecule has 1 aliphatic carbocycles. The van der Waals surface area contributed by atoms with E-state index >= 15 is 8.42 Å². The van der Waals surface area contributed by atoms with Gasteiger partial charge in [-0.2, -0.15) is 5.26 Å². The number of hydrogen-bond acceptors (Lipinski definition) is 7. The standard InChI is InChI=1S/C41H45N3O6S/c1-38(2,3)41(25-42,39(4,5)6)27-14-13-15-28(24-27)51(48,49)44-32-22-26(19-20-31(32)40(7)21-12-11-18-34(40)44)23-33(37(47)50-8)43-35(45)29-16-9-10-17-30(29)36(43)46/h9-10,13-17,19-20,22-24,34H,11-12,18,21H2,1-8H3/b33-23+/t34-,40-/m1/s1. The Labute approximate surface area is 301 Å². The topological polar surface area (TPSA) is 125 Å². The molecule has 3 aliphatic rings. The normalized spacial score (nSPS) is 20.8. The molecular weight excluding hydrogens is 663 g/mol. The number of hydrogen-bond donors (Lipinski definition) is 0. The summed E-state index contributed by atoms with van der Waals surface area (Å²) in [5, 5.41) is 10.8. The van der Waals surface area contributed by atoms with Crippen LogP contribution in [-0.2, 0) is 30.4 Å². The van der Waals surface area contributed by atoms with Crippen LogP contribution in [0.15, 0.2) is 77.3 Å². The first-order valence-corrected chi connectivity index (χ1v) is 18.8. The fourth-order valence-electron chi connectivity index (χ4n) is 9.05. The van der Waals surface area contributed by atoms with Crippen LogP contribution in [0.3, 0.4) is 0 Å². The van der Waals surface area contributed by atoms with E-state index in [1.165, 1.54) is 29.6 Å². The van der Waals surface area contributed by atoms with E-state index in [0.717, 1.165) is 29.7 Å². The molecule has 3 aromatic carbocycles. The summed E-state index contributed by atoms with van der Waals surface area (Å²) in [4.78, 5) is 40.9. The summed E-state index contributed by atoms with van der Waals surface area (Å²) in [7, 11) is -3.01. The van der Waals surface area contributed by atoms with Crippen molar-refractivity contribution >= 4 is 39.6 Å². The molecule has 1 fully saturated rings. The van der Waals surface area contributed by atoms with Gasteiger partial charge in [-0.3, -0.25) is 13.9 Å². The predicted octanol–water partition coefficient (Wildman–Crippen LogP) is 7.76. The van der Waals surface area contributed by atoms with E-state index in [2.05, 4.69) is 13.0 Å². The van der Waals surface area contributed by atoms with Gasteiger partial charge >= 0.3 is 5.97 Å². The number of nitrogens with zero attached hydrogens (tertiary/aromatic N) is 3. The number of esters is 1. The highest BCUT2D eigenvalue weighted by Gasteiger charge is 2.55. The largest absolute Gasteiger partial charge is 0.464 e. The first kappa shape index (κ1) is 36.1. The van der Waals surface area contributed by atoms with Crippen LogP contribution in [-0.4, -0.2) is 44.3 Å². The average molecular weight is 708 g/mol. The summed E-state index contributed by atoms with van der Waals surface area (Å²) in [5.74, 6) is -2.17. The lowest BCUT2D eigenvalue weighted by Gasteiger charge is -2.49. The highest BCUT2D eigenvalue weighted by Crippen LogP contribution is 2.56. The zero-order chi connectivity index (χ0) is 37.3. The maximum Gasteiger partial charge on any atom is 0.355 e. The molecule has 2 amide bonds. The number of anilines is 1.